The van der Waals surface area contributed by atoms with Crippen LogP contribution in [-0.2, 0) is 0 Å². The molecular weight excluding hydrogens is 226 g/mol. The van der Waals surface area contributed by atoms with Crippen molar-refractivity contribution >= 4 is 5.96 Å². The first-order valence-corrected chi connectivity index (χ1v) is 7.39. The predicted molar refractivity (Wildman–Crippen MR) is 76.8 cm³/mol. The molecular formula is C14H29N3O. The molecule has 1 aliphatic rings. The Balaban J connectivity index is 2.26. The topological polar surface area (TPSA) is 56.7 Å². The average molecular weight is 255 g/mol. The highest BCUT2D eigenvalue weighted by atomic mass is 16.3. The molecule has 1 aliphatic carbocycles. The lowest BCUT2D eigenvalue weighted by molar-refractivity contribution is 0.272. The van der Waals surface area contributed by atoms with E-state index in [9.17, 15) is 0 Å². The van der Waals surface area contributed by atoms with Gasteiger partial charge in [-0.25, -0.2) is 0 Å². The van der Waals surface area contributed by atoms with E-state index in [0.717, 1.165) is 30.9 Å². The molecule has 0 saturated heterocycles. The van der Waals surface area contributed by atoms with Crippen LogP contribution in [0.25, 0.3) is 0 Å². The maximum absolute atomic E-state index is 8.80. The minimum atomic E-state index is 0.143. The summed E-state index contributed by atoms with van der Waals surface area (Å²) in [4.78, 5) is 4.55. The van der Waals surface area contributed by atoms with Crippen molar-refractivity contribution in [2.75, 3.05) is 26.2 Å². The molecule has 106 valence electrons. The average Bonchev–Trinajstić information content (AvgIpc) is 2.36. The third-order valence-corrected chi connectivity index (χ3v) is 3.60. The molecule has 0 aromatic carbocycles. The van der Waals surface area contributed by atoms with Crippen molar-refractivity contribution in [3.63, 3.8) is 0 Å². The number of aliphatic hydroxyl groups is 1. The van der Waals surface area contributed by atoms with Gasteiger partial charge in [0.25, 0.3) is 0 Å². The number of nitrogens with one attached hydrogen (secondary N) is 2. The van der Waals surface area contributed by atoms with Gasteiger partial charge in [-0.15, -0.1) is 0 Å². The highest BCUT2D eigenvalue weighted by molar-refractivity contribution is 5.79. The lowest BCUT2D eigenvalue weighted by atomic mass is 9.81. The van der Waals surface area contributed by atoms with Gasteiger partial charge in [-0.2, -0.15) is 0 Å². The van der Waals surface area contributed by atoms with Crippen LogP contribution < -0.4 is 10.6 Å². The molecule has 0 amide bonds. The molecule has 0 heterocycles. The Bertz CT molecular complexity index is 243. The maximum atomic E-state index is 8.80. The van der Waals surface area contributed by atoms with Gasteiger partial charge in [-0.1, -0.05) is 26.2 Å². The normalized spacial score (nSPS) is 24.9. The van der Waals surface area contributed by atoms with Crippen LogP contribution in [0.2, 0.25) is 0 Å². The van der Waals surface area contributed by atoms with Crippen LogP contribution in [0.3, 0.4) is 0 Å². The Kier molecular flexibility index (Phi) is 7.81. The zero-order chi connectivity index (χ0) is 13.2. The third-order valence-electron chi connectivity index (χ3n) is 3.60. The van der Waals surface area contributed by atoms with Crippen LogP contribution in [0.15, 0.2) is 4.99 Å². The van der Waals surface area contributed by atoms with Crippen molar-refractivity contribution in [3.8, 4) is 0 Å². The number of aliphatic hydroxyl groups excluding tert-OH is 1. The molecule has 0 aliphatic heterocycles. The van der Waals surface area contributed by atoms with E-state index >= 15 is 0 Å². The minimum absolute atomic E-state index is 0.143. The van der Waals surface area contributed by atoms with Crippen LogP contribution in [0, 0.1) is 11.8 Å². The van der Waals surface area contributed by atoms with Crippen molar-refractivity contribution in [2.24, 2.45) is 16.8 Å². The predicted octanol–water partition coefficient (Wildman–Crippen LogP) is 1.75. The Hall–Kier alpha value is -0.770. The molecule has 4 nitrogen and oxygen atoms in total. The summed E-state index contributed by atoms with van der Waals surface area (Å²) >= 11 is 0. The van der Waals surface area contributed by atoms with Crippen molar-refractivity contribution in [3.05, 3.63) is 0 Å². The summed E-state index contributed by atoms with van der Waals surface area (Å²) in [5.41, 5.74) is 0. The molecule has 0 spiro atoms. The van der Waals surface area contributed by atoms with Crippen LogP contribution in [-0.4, -0.2) is 37.3 Å². The van der Waals surface area contributed by atoms with E-state index in [1.807, 2.05) is 0 Å². The van der Waals surface area contributed by atoms with Gasteiger partial charge < -0.3 is 15.7 Å². The van der Waals surface area contributed by atoms with E-state index in [1.165, 1.54) is 32.1 Å². The van der Waals surface area contributed by atoms with Gasteiger partial charge >= 0.3 is 0 Å². The van der Waals surface area contributed by atoms with Gasteiger partial charge in [0, 0.05) is 19.6 Å². The van der Waals surface area contributed by atoms with Crippen molar-refractivity contribution < 1.29 is 5.11 Å². The monoisotopic (exact) mass is 255 g/mol. The fourth-order valence-corrected chi connectivity index (χ4v) is 2.70. The minimum Gasteiger partial charge on any atom is -0.395 e. The van der Waals surface area contributed by atoms with Gasteiger partial charge in [0.1, 0.15) is 0 Å². The van der Waals surface area contributed by atoms with E-state index in [1.54, 1.807) is 0 Å². The van der Waals surface area contributed by atoms with E-state index in [2.05, 4.69) is 29.5 Å². The summed E-state index contributed by atoms with van der Waals surface area (Å²) in [5.74, 6) is 2.59. The fraction of sp³-hybridized carbons (Fsp3) is 0.929. The van der Waals surface area contributed by atoms with Crippen molar-refractivity contribution in [2.45, 2.75) is 46.0 Å². The Labute approximate surface area is 111 Å². The summed E-state index contributed by atoms with van der Waals surface area (Å²) in [5, 5.41) is 15.1. The largest absolute Gasteiger partial charge is 0.395 e. The van der Waals surface area contributed by atoms with Gasteiger partial charge in [0.2, 0.25) is 0 Å². The van der Waals surface area contributed by atoms with E-state index in [4.69, 9.17) is 5.11 Å². The molecule has 1 saturated carbocycles. The van der Waals surface area contributed by atoms with E-state index < -0.39 is 0 Å². The molecule has 0 aromatic rings. The number of hydrogen-bond acceptors (Lipinski definition) is 2. The second kappa shape index (κ2) is 9.20. The van der Waals surface area contributed by atoms with Crippen LogP contribution in [0.1, 0.15) is 46.0 Å². The molecule has 1 rings (SSSR count). The van der Waals surface area contributed by atoms with Gasteiger partial charge in [0.05, 0.1) is 6.61 Å². The molecule has 2 atom stereocenters. The lowest BCUT2D eigenvalue weighted by Crippen LogP contribution is -2.38. The van der Waals surface area contributed by atoms with Gasteiger partial charge in [0.15, 0.2) is 5.96 Å². The first-order valence-electron chi connectivity index (χ1n) is 7.39. The second-order valence-electron chi connectivity index (χ2n) is 5.34. The van der Waals surface area contributed by atoms with E-state index in [-0.39, 0.29) is 6.61 Å². The Morgan fingerprint density at radius 1 is 1.33 bits per heavy atom. The van der Waals surface area contributed by atoms with Crippen molar-refractivity contribution in [1.82, 2.24) is 10.6 Å². The first-order chi connectivity index (χ1) is 8.76. The SMILES string of the molecule is CCNC(=NCCC1CCCC(C)C1)NCCO. The number of guanidine groups is 1. The number of aliphatic imine (C=N–C) groups is 1. The van der Waals surface area contributed by atoms with Crippen LogP contribution >= 0.6 is 0 Å². The summed E-state index contributed by atoms with van der Waals surface area (Å²) in [6, 6.07) is 0. The highest BCUT2D eigenvalue weighted by Gasteiger charge is 2.18. The molecule has 4 heteroatoms. The Morgan fingerprint density at radius 2 is 2.17 bits per heavy atom. The van der Waals surface area contributed by atoms with E-state index in [0.29, 0.717) is 6.54 Å². The molecule has 0 radical (unpaired) electrons. The molecule has 0 bridgehead atoms. The first kappa shape index (κ1) is 15.3. The smallest absolute Gasteiger partial charge is 0.191 e. The maximum Gasteiger partial charge on any atom is 0.191 e. The quantitative estimate of drug-likeness (QED) is 0.500. The zero-order valence-corrected chi connectivity index (χ0v) is 11.9. The molecule has 2 unspecified atom stereocenters. The summed E-state index contributed by atoms with van der Waals surface area (Å²) in [6.45, 7) is 6.87. The number of rotatable bonds is 6. The van der Waals surface area contributed by atoms with Crippen LogP contribution in [0.4, 0.5) is 0 Å². The zero-order valence-electron chi connectivity index (χ0n) is 11.9. The number of hydrogen-bond donors (Lipinski definition) is 3. The Morgan fingerprint density at radius 3 is 2.83 bits per heavy atom. The molecule has 0 aromatic heterocycles. The molecule has 1 fully saturated rings. The van der Waals surface area contributed by atoms with Crippen LogP contribution in [0.5, 0.6) is 0 Å². The van der Waals surface area contributed by atoms with Gasteiger partial charge in [-0.05, 0) is 31.6 Å². The summed E-state index contributed by atoms with van der Waals surface area (Å²) < 4.78 is 0. The molecule has 18 heavy (non-hydrogen) atoms. The summed E-state index contributed by atoms with van der Waals surface area (Å²) in [6.07, 6.45) is 6.73. The molecule has 3 N–H and O–H groups in total. The fourth-order valence-electron chi connectivity index (χ4n) is 2.70. The summed E-state index contributed by atoms with van der Waals surface area (Å²) in [7, 11) is 0. The highest BCUT2D eigenvalue weighted by Crippen LogP contribution is 2.30. The third kappa shape index (κ3) is 6.24. The van der Waals surface area contributed by atoms with Crippen molar-refractivity contribution in [1.29, 1.82) is 0 Å². The standard InChI is InChI=1S/C14H29N3O/c1-3-15-14(17-9-10-18)16-8-7-13-6-4-5-12(2)11-13/h12-13,18H,3-11H2,1-2H3,(H2,15,16,17). The number of nitrogens with zero attached hydrogens (tertiary/aromatic N) is 1. The second-order valence-corrected chi connectivity index (χ2v) is 5.34. The van der Waals surface area contributed by atoms with Gasteiger partial charge in [-0.3, -0.25) is 4.99 Å². The lowest BCUT2D eigenvalue weighted by Gasteiger charge is -2.26.